The second-order valence-electron chi connectivity index (χ2n) is 7.52. The number of benzene rings is 1. The quantitative estimate of drug-likeness (QED) is 0.327. The summed E-state index contributed by atoms with van der Waals surface area (Å²) in [6.45, 7) is 0. The number of amides is 2. The highest BCUT2D eigenvalue weighted by Crippen LogP contribution is 2.28. The number of halogens is 1. The molecule has 0 radical (unpaired) electrons. The molecule has 3 aromatic heterocycles. The van der Waals surface area contributed by atoms with Gasteiger partial charge in [-0.15, -0.1) is 0 Å². The van der Waals surface area contributed by atoms with Gasteiger partial charge in [0.2, 0.25) is 5.91 Å². The molecule has 6 N–H and O–H groups in total. The minimum Gasteiger partial charge on any atom is -0.368 e. The highest BCUT2D eigenvalue weighted by Gasteiger charge is 2.22. The summed E-state index contributed by atoms with van der Waals surface area (Å²) in [6, 6.07) is 12.8. The van der Waals surface area contributed by atoms with Crippen LogP contribution in [0.3, 0.4) is 0 Å². The van der Waals surface area contributed by atoms with Crippen molar-refractivity contribution in [3.63, 3.8) is 0 Å². The van der Waals surface area contributed by atoms with Crippen LogP contribution < -0.4 is 22.1 Å². The Kier molecular flexibility index (Phi) is 5.90. The topological polar surface area (TPSA) is 141 Å². The van der Waals surface area contributed by atoms with Crippen molar-refractivity contribution in [1.29, 1.82) is 0 Å². The Hall–Kier alpha value is -4.47. The summed E-state index contributed by atoms with van der Waals surface area (Å²) in [6.07, 6.45) is 3.66. The first-order chi connectivity index (χ1) is 15.8. The van der Waals surface area contributed by atoms with Crippen molar-refractivity contribution in [2.45, 2.75) is 12.5 Å². The van der Waals surface area contributed by atoms with Crippen molar-refractivity contribution in [3.8, 4) is 0 Å². The van der Waals surface area contributed by atoms with E-state index in [9.17, 15) is 14.0 Å². The van der Waals surface area contributed by atoms with Gasteiger partial charge in [-0.05, 0) is 23.8 Å². The number of pyridine rings is 2. The number of aromatic nitrogens is 3. The fourth-order valence-electron chi connectivity index (χ4n) is 3.51. The van der Waals surface area contributed by atoms with Crippen molar-refractivity contribution >= 4 is 40.2 Å². The normalized spacial score (nSPS) is 11.8. The van der Waals surface area contributed by atoms with Gasteiger partial charge in [-0.2, -0.15) is 0 Å². The number of nitrogens with one attached hydrogen (secondary N) is 2. The molecule has 3 heterocycles. The number of aryl methyl sites for hydroxylation is 1. The average Bonchev–Trinajstić information content (AvgIpc) is 3.17. The Labute approximate surface area is 188 Å². The summed E-state index contributed by atoms with van der Waals surface area (Å²) in [5.74, 6) is -2.57. The van der Waals surface area contributed by atoms with E-state index in [1.54, 1.807) is 12.3 Å². The predicted octanol–water partition coefficient (Wildman–Crippen LogP) is 2.46. The Morgan fingerprint density at radius 3 is 2.58 bits per heavy atom. The summed E-state index contributed by atoms with van der Waals surface area (Å²) >= 11 is 0. The van der Waals surface area contributed by atoms with Crippen LogP contribution in [0, 0.1) is 5.82 Å². The number of hydrogen-bond acceptors (Lipinski definition) is 6. The highest BCUT2D eigenvalue weighted by atomic mass is 19.1. The summed E-state index contributed by atoms with van der Waals surface area (Å²) < 4.78 is 16.7. The van der Waals surface area contributed by atoms with E-state index in [-0.39, 0.29) is 23.6 Å². The third-order valence-corrected chi connectivity index (χ3v) is 5.20. The van der Waals surface area contributed by atoms with Crippen LogP contribution in [0.2, 0.25) is 0 Å². The number of primary amides is 2. The maximum absolute atomic E-state index is 14.8. The lowest BCUT2D eigenvalue weighted by atomic mass is 10.1. The van der Waals surface area contributed by atoms with Gasteiger partial charge in [0.1, 0.15) is 17.5 Å². The zero-order valence-corrected chi connectivity index (χ0v) is 17.7. The minimum absolute atomic E-state index is 0.0330. The van der Waals surface area contributed by atoms with Crippen LogP contribution in [0.1, 0.15) is 15.9 Å². The molecular weight excluding hydrogens is 425 g/mol. The van der Waals surface area contributed by atoms with Crippen molar-refractivity contribution in [2.24, 2.45) is 18.5 Å². The molecular formula is C23H22FN7O2. The van der Waals surface area contributed by atoms with Gasteiger partial charge in [0.15, 0.2) is 11.6 Å². The second kappa shape index (κ2) is 8.95. The first kappa shape index (κ1) is 21.8. The lowest BCUT2D eigenvalue weighted by molar-refractivity contribution is -0.118. The minimum atomic E-state index is -0.927. The van der Waals surface area contributed by atoms with Gasteiger partial charge in [0.05, 0.1) is 11.3 Å². The van der Waals surface area contributed by atoms with Crippen molar-refractivity contribution in [1.82, 2.24) is 14.5 Å². The maximum atomic E-state index is 14.8. The van der Waals surface area contributed by atoms with Crippen LogP contribution in [0.5, 0.6) is 0 Å². The van der Waals surface area contributed by atoms with Gasteiger partial charge < -0.3 is 26.7 Å². The van der Waals surface area contributed by atoms with E-state index in [2.05, 4.69) is 20.6 Å². The smallest absolute Gasteiger partial charge is 0.252 e. The van der Waals surface area contributed by atoms with E-state index < -0.39 is 23.7 Å². The van der Waals surface area contributed by atoms with E-state index in [0.29, 0.717) is 11.3 Å². The van der Waals surface area contributed by atoms with E-state index in [1.807, 2.05) is 54.2 Å². The number of nitrogens with two attached hydrogens (primary N) is 2. The molecule has 1 aromatic carbocycles. The average molecular weight is 447 g/mol. The molecule has 10 heteroatoms. The lowest BCUT2D eigenvalue weighted by Crippen LogP contribution is -2.38. The van der Waals surface area contributed by atoms with Crippen LogP contribution in [0.15, 0.2) is 60.9 Å². The third-order valence-electron chi connectivity index (χ3n) is 5.20. The number of rotatable bonds is 8. The zero-order valence-electron chi connectivity index (χ0n) is 17.7. The first-order valence-electron chi connectivity index (χ1n) is 10.1. The summed E-state index contributed by atoms with van der Waals surface area (Å²) in [7, 11) is 1.85. The molecule has 0 aliphatic rings. The van der Waals surface area contributed by atoms with Crippen molar-refractivity contribution in [2.75, 3.05) is 10.6 Å². The Bertz CT molecular complexity index is 1340. The maximum Gasteiger partial charge on any atom is 0.252 e. The van der Waals surface area contributed by atoms with Gasteiger partial charge in [0, 0.05) is 31.2 Å². The van der Waals surface area contributed by atoms with Gasteiger partial charge in [-0.25, -0.2) is 14.4 Å². The van der Waals surface area contributed by atoms with Gasteiger partial charge >= 0.3 is 0 Å². The molecule has 0 aliphatic heterocycles. The largest absolute Gasteiger partial charge is 0.368 e. The number of carbonyl (C=O) groups is 2. The third kappa shape index (κ3) is 4.59. The Balaban J connectivity index is 1.70. The molecule has 0 saturated heterocycles. The van der Waals surface area contributed by atoms with E-state index in [1.165, 1.54) is 0 Å². The molecule has 0 saturated carbocycles. The number of anilines is 3. The Morgan fingerprint density at radius 1 is 1.12 bits per heavy atom. The molecule has 0 bridgehead atoms. The predicted molar refractivity (Wildman–Crippen MR) is 123 cm³/mol. The van der Waals surface area contributed by atoms with Crippen molar-refractivity contribution < 1.29 is 14.0 Å². The number of hydrogen-bond donors (Lipinski definition) is 4. The van der Waals surface area contributed by atoms with Gasteiger partial charge in [-0.1, -0.05) is 30.3 Å². The molecule has 9 nitrogen and oxygen atoms in total. The van der Waals surface area contributed by atoms with Crippen LogP contribution in [0.25, 0.3) is 11.0 Å². The molecule has 0 fully saturated rings. The van der Waals surface area contributed by atoms with Crippen LogP contribution in [-0.4, -0.2) is 32.4 Å². The number of nitrogens with zero attached hydrogens (tertiary/aromatic N) is 3. The molecule has 33 heavy (non-hydrogen) atoms. The first-order valence-corrected chi connectivity index (χ1v) is 10.1. The number of fused-ring (bicyclic) bond motifs is 1. The van der Waals surface area contributed by atoms with E-state index >= 15 is 0 Å². The fraction of sp³-hybridized carbons (Fsp3) is 0.130. The summed E-state index contributed by atoms with van der Waals surface area (Å²) in [5, 5.41) is 6.57. The summed E-state index contributed by atoms with van der Waals surface area (Å²) in [5.41, 5.74) is 13.0. The van der Waals surface area contributed by atoms with Gasteiger partial charge in [-0.3, -0.25) is 9.59 Å². The van der Waals surface area contributed by atoms with Crippen LogP contribution >= 0.6 is 0 Å². The van der Waals surface area contributed by atoms with Crippen molar-refractivity contribution in [3.05, 3.63) is 77.9 Å². The SMILES string of the molecule is Cn1ccc2c(Nc3nc(NC(Cc4ccccc4)C(N)=O)c(F)cc3C(N)=O)ccnc21. The highest BCUT2D eigenvalue weighted by molar-refractivity contribution is 6.00. The molecule has 0 aliphatic carbocycles. The second-order valence-corrected chi connectivity index (χ2v) is 7.52. The fourth-order valence-corrected chi connectivity index (χ4v) is 3.51. The molecule has 168 valence electrons. The summed E-state index contributed by atoms with van der Waals surface area (Å²) in [4.78, 5) is 32.6. The molecule has 4 aromatic rings. The van der Waals surface area contributed by atoms with E-state index in [4.69, 9.17) is 11.5 Å². The molecule has 1 unspecified atom stereocenters. The van der Waals surface area contributed by atoms with Crippen LogP contribution in [0.4, 0.5) is 21.7 Å². The molecule has 0 spiro atoms. The van der Waals surface area contributed by atoms with Crippen LogP contribution in [-0.2, 0) is 18.3 Å². The standard InChI is InChI=1S/C23H22FN7O2/c1-31-10-8-14-17(7-9-27-23(14)31)28-21-15(19(25)32)12-16(24)22(30-21)29-18(20(26)33)11-13-5-3-2-4-6-13/h2-10,12,18H,11H2,1H3,(H2,25,32)(H2,26,33)(H2,27,28,29,30). The zero-order chi connectivity index (χ0) is 23.5. The van der Waals surface area contributed by atoms with Gasteiger partial charge in [0.25, 0.3) is 5.91 Å². The molecule has 2 amide bonds. The lowest BCUT2D eigenvalue weighted by Gasteiger charge is -2.18. The Morgan fingerprint density at radius 2 is 1.88 bits per heavy atom. The molecule has 4 rings (SSSR count). The molecule has 1 atom stereocenters. The monoisotopic (exact) mass is 447 g/mol. The van der Waals surface area contributed by atoms with E-state index in [0.717, 1.165) is 17.0 Å². The number of carbonyl (C=O) groups excluding carboxylic acids is 2.